The van der Waals surface area contributed by atoms with E-state index in [0.29, 0.717) is 12.2 Å². The van der Waals surface area contributed by atoms with Gasteiger partial charge in [0.25, 0.3) is 5.56 Å². The molecule has 0 amide bonds. The summed E-state index contributed by atoms with van der Waals surface area (Å²) in [5.41, 5.74) is 4.94. The summed E-state index contributed by atoms with van der Waals surface area (Å²) in [5.74, 6) is 0.995. The van der Waals surface area contributed by atoms with Crippen LogP contribution in [0.2, 0.25) is 5.02 Å². The van der Waals surface area contributed by atoms with Gasteiger partial charge in [0.05, 0.1) is 18.5 Å². The Hall–Kier alpha value is -2.79. The first-order valence-corrected chi connectivity index (χ1v) is 8.80. The summed E-state index contributed by atoms with van der Waals surface area (Å²) in [7, 11) is 1.57. The number of aromatic nitrogens is 2. The molecule has 0 radical (unpaired) electrons. The topological polar surface area (TPSA) is 56.1 Å². The van der Waals surface area contributed by atoms with Crippen LogP contribution in [0.5, 0.6) is 5.75 Å². The summed E-state index contributed by atoms with van der Waals surface area (Å²) in [6.07, 6.45) is 2.53. The van der Waals surface area contributed by atoms with Gasteiger partial charge in [-0.3, -0.25) is 4.79 Å². The number of ether oxygens (including phenoxy) is 1. The molecule has 6 heteroatoms. The van der Waals surface area contributed by atoms with Gasteiger partial charge in [-0.1, -0.05) is 41.9 Å². The molecule has 0 unspecified atom stereocenters. The monoisotopic (exact) mass is 367 g/mol. The lowest BCUT2D eigenvalue weighted by molar-refractivity contribution is 0.357. The molecule has 0 fully saturated rings. The van der Waals surface area contributed by atoms with Crippen LogP contribution in [-0.4, -0.2) is 16.4 Å². The lowest BCUT2D eigenvalue weighted by atomic mass is 10.0. The highest BCUT2D eigenvalue weighted by Gasteiger charge is 2.12. The van der Waals surface area contributed by atoms with Crippen molar-refractivity contribution in [2.75, 3.05) is 11.9 Å². The maximum absolute atomic E-state index is 11.8. The van der Waals surface area contributed by atoms with Crippen LogP contribution in [0.4, 0.5) is 5.69 Å². The Kier molecular flexibility index (Phi) is 4.39. The number of hydrogen-bond donors (Lipinski definition) is 1. The summed E-state index contributed by atoms with van der Waals surface area (Å²) < 4.78 is 6.77. The zero-order valence-corrected chi connectivity index (χ0v) is 15.1. The molecule has 0 aliphatic carbocycles. The molecule has 0 saturated carbocycles. The number of nitrogens with zero attached hydrogens (tertiary/aromatic N) is 2. The SMILES string of the molecule is Cn1ncc(NCc2ccc(-c3ccc4c(c3)CCO4)cc2)c(Cl)c1=O. The van der Waals surface area contributed by atoms with E-state index in [0.717, 1.165) is 29.9 Å². The normalized spacial score (nSPS) is 12.5. The van der Waals surface area contributed by atoms with Crippen molar-refractivity contribution in [1.29, 1.82) is 0 Å². The summed E-state index contributed by atoms with van der Waals surface area (Å²) >= 11 is 6.07. The number of hydrogen-bond acceptors (Lipinski definition) is 4. The van der Waals surface area contributed by atoms with Crippen LogP contribution < -0.4 is 15.6 Å². The Morgan fingerprint density at radius 1 is 1.19 bits per heavy atom. The molecule has 1 aliphatic heterocycles. The van der Waals surface area contributed by atoms with Crippen LogP contribution in [0.3, 0.4) is 0 Å². The van der Waals surface area contributed by atoms with Crippen molar-refractivity contribution >= 4 is 17.3 Å². The third-order valence-electron chi connectivity index (χ3n) is 4.54. The zero-order chi connectivity index (χ0) is 18.1. The van der Waals surface area contributed by atoms with Crippen LogP contribution in [0.1, 0.15) is 11.1 Å². The smallest absolute Gasteiger partial charge is 0.287 e. The van der Waals surface area contributed by atoms with Gasteiger partial charge in [0.2, 0.25) is 0 Å². The fraction of sp³-hybridized carbons (Fsp3) is 0.200. The molecular weight excluding hydrogens is 350 g/mol. The van der Waals surface area contributed by atoms with Crippen LogP contribution in [0.25, 0.3) is 11.1 Å². The van der Waals surface area contributed by atoms with E-state index in [9.17, 15) is 4.79 Å². The number of halogens is 1. The summed E-state index contributed by atoms with van der Waals surface area (Å²) in [5, 5.41) is 7.30. The number of rotatable bonds is 4. The van der Waals surface area contributed by atoms with Crippen LogP contribution >= 0.6 is 11.6 Å². The minimum Gasteiger partial charge on any atom is -0.493 e. The molecule has 1 N–H and O–H groups in total. The van der Waals surface area contributed by atoms with Crippen LogP contribution in [-0.2, 0) is 20.0 Å². The van der Waals surface area contributed by atoms with Crippen molar-refractivity contribution < 1.29 is 4.74 Å². The molecule has 2 heterocycles. The second kappa shape index (κ2) is 6.84. The fourth-order valence-electron chi connectivity index (χ4n) is 3.01. The molecule has 5 nitrogen and oxygen atoms in total. The molecule has 132 valence electrons. The zero-order valence-electron chi connectivity index (χ0n) is 14.3. The molecule has 4 rings (SSSR count). The fourth-order valence-corrected chi connectivity index (χ4v) is 3.25. The second-order valence-electron chi connectivity index (χ2n) is 6.27. The highest BCUT2D eigenvalue weighted by atomic mass is 35.5. The van der Waals surface area contributed by atoms with Crippen molar-refractivity contribution in [3.8, 4) is 16.9 Å². The van der Waals surface area contributed by atoms with Crippen molar-refractivity contribution in [3.05, 3.63) is 75.2 Å². The van der Waals surface area contributed by atoms with Crippen molar-refractivity contribution in [2.24, 2.45) is 7.05 Å². The molecule has 2 aromatic carbocycles. The standard InChI is InChI=1S/C20H18ClN3O2/c1-24-20(25)19(21)17(12-23-24)22-11-13-2-4-14(5-3-13)15-6-7-18-16(10-15)8-9-26-18/h2-7,10,12,22H,8-9,11H2,1H3. The Bertz CT molecular complexity index is 1010. The number of aryl methyl sites for hydroxylation is 1. The molecule has 0 bridgehead atoms. The molecule has 1 aliphatic rings. The Balaban J connectivity index is 1.48. The van der Waals surface area contributed by atoms with E-state index in [2.05, 4.69) is 46.8 Å². The van der Waals surface area contributed by atoms with Gasteiger partial charge in [-0.15, -0.1) is 0 Å². The number of anilines is 1. The van der Waals surface area contributed by atoms with E-state index in [-0.39, 0.29) is 10.6 Å². The minimum atomic E-state index is -0.312. The Morgan fingerprint density at radius 2 is 1.96 bits per heavy atom. The highest BCUT2D eigenvalue weighted by Crippen LogP contribution is 2.30. The quantitative estimate of drug-likeness (QED) is 0.764. The second-order valence-corrected chi connectivity index (χ2v) is 6.65. The highest BCUT2D eigenvalue weighted by molar-refractivity contribution is 6.32. The summed E-state index contributed by atoms with van der Waals surface area (Å²) in [6.45, 7) is 1.33. The lowest BCUT2D eigenvalue weighted by Gasteiger charge is -2.10. The third kappa shape index (κ3) is 3.18. The van der Waals surface area contributed by atoms with Crippen molar-refractivity contribution in [1.82, 2.24) is 9.78 Å². The van der Waals surface area contributed by atoms with E-state index in [1.807, 2.05) is 6.07 Å². The minimum absolute atomic E-state index is 0.152. The maximum Gasteiger partial charge on any atom is 0.287 e. The van der Waals surface area contributed by atoms with E-state index in [1.54, 1.807) is 13.2 Å². The van der Waals surface area contributed by atoms with Gasteiger partial charge in [0, 0.05) is 20.0 Å². The molecule has 1 aromatic heterocycles. The predicted molar refractivity (Wildman–Crippen MR) is 103 cm³/mol. The first kappa shape index (κ1) is 16.7. The van der Waals surface area contributed by atoms with Gasteiger partial charge in [-0.05, 0) is 34.4 Å². The predicted octanol–water partition coefficient (Wildman–Crippen LogP) is 3.65. The van der Waals surface area contributed by atoms with Crippen molar-refractivity contribution in [3.63, 3.8) is 0 Å². The Morgan fingerprint density at radius 3 is 2.77 bits per heavy atom. The molecule has 0 atom stereocenters. The lowest BCUT2D eigenvalue weighted by Crippen LogP contribution is -2.21. The third-order valence-corrected chi connectivity index (χ3v) is 4.90. The molecule has 0 saturated heterocycles. The summed E-state index contributed by atoms with van der Waals surface area (Å²) in [6, 6.07) is 14.6. The Labute approximate surface area is 156 Å². The van der Waals surface area contributed by atoms with Gasteiger partial charge in [-0.25, -0.2) is 4.68 Å². The first-order valence-electron chi connectivity index (χ1n) is 8.42. The van der Waals surface area contributed by atoms with E-state index >= 15 is 0 Å². The number of nitrogens with one attached hydrogen (secondary N) is 1. The molecular formula is C20H18ClN3O2. The number of fused-ring (bicyclic) bond motifs is 1. The van der Waals surface area contributed by atoms with Crippen LogP contribution in [0.15, 0.2) is 53.5 Å². The molecule has 0 spiro atoms. The van der Waals surface area contributed by atoms with Crippen molar-refractivity contribution in [2.45, 2.75) is 13.0 Å². The summed E-state index contributed by atoms with van der Waals surface area (Å²) in [4.78, 5) is 11.8. The molecule has 26 heavy (non-hydrogen) atoms. The van der Waals surface area contributed by atoms with Gasteiger partial charge in [-0.2, -0.15) is 5.10 Å². The molecule has 3 aromatic rings. The number of benzene rings is 2. The van der Waals surface area contributed by atoms with Gasteiger partial charge >= 0.3 is 0 Å². The largest absolute Gasteiger partial charge is 0.493 e. The van der Waals surface area contributed by atoms with Crippen LogP contribution in [0, 0.1) is 0 Å². The van der Waals surface area contributed by atoms with Gasteiger partial charge in [0.1, 0.15) is 10.8 Å². The maximum atomic E-state index is 11.8. The van der Waals surface area contributed by atoms with E-state index < -0.39 is 0 Å². The van der Waals surface area contributed by atoms with E-state index in [4.69, 9.17) is 16.3 Å². The van der Waals surface area contributed by atoms with E-state index in [1.165, 1.54) is 15.8 Å². The van der Waals surface area contributed by atoms with Gasteiger partial charge in [0.15, 0.2) is 0 Å². The average molecular weight is 368 g/mol. The first-order chi connectivity index (χ1) is 12.6. The average Bonchev–Trinajstić information content (AvgIpc) is 3.14. The van der Waals surface area contributed by atoms with Gasteiger partial charge < -0.3 is 10.1 Å².